The summed E-state index contributed by atoms with van der Waals surface area (Å²) in [5, 5.41) is 12.7. The largest absolute Gasteiger partial charge is 0.479 e. The first-order chi connectivity index (χ1) is 13.5. The number of carboxylic acids is 1. The minimum absolute atomic E-state index is 0.145. The second-order valence-corrected chi connectivity index (χ2v) is 7.10. The van der Waals surface area contributed by atoms with E-state index in [4.69, 9.17) is 9.94 Å². The van der Waals surface area contributed by atoms with Gasteiger partial charge in [0.15, 0.2) is 5.71 Å². The van der Waals surface area contributed by atoms with E-state index in [1.54, 1.807) is 11.9 Å². The third kappa shape index (κ3) is 3.03. The molecular formula is C21H21N3O4. The summed E-state index contributed by atoms with van der Waals surface area (Å²) in [6.45, 7) is 1.10. The van der Waals surface area contributed by atoms with E-state index in [-0.39, 0.29) is 11.6 Å². The van der Waals surface area contributed by atoms with Crippen molar-refractivity contribution in [1.29, 1.82) is 0 Å². The van der Waals surface area contributed by atoms with Crippen LogP contribution in [0.2, 0.25) is 0 Å². The molecule has 2 aliphatic heterocycles. The lowest BCUT2D eigenvalue weighted by Gasteiger charge is -2.30. The molecule has 0 atom stereocenters. The molecule has 1 amide bonds. The Labute approximate surface area is 162 Å². The molecule has 2 heterocycles. The molecule has 2 aromatic carbocycles. The Morgan fingerprint density at radius 3 is 2.64 bits per heavy atom. The summed E-state index contributed by atoms with van der Waals surface area (Å²) >= 11 is 0. The van der Waals surface area contributed by atoms with E-state index in [0.717, 1.165) is 41.9 Å². The van der Waals surface area contributed by atoms with E-state index in [2.05, 4.69) is 29.2 Å². The van der Waals surface area contributed by atoms with Crippen LogP contribution in [0.15, 0.2) is 41.6 Å². The van der Waals surface area contributed by atoms with Crippen molar-refractivity contribution >= 4 is 23.3 Å². The van der Waals surface area contributed by atoms with Crippen molar-refractivity contribution in [2.45, 2.75) is 13.0 Å². The van der Waals surface area contributed by atoms with Crippen LogP contribution in [0.3, 0.4) is 0 Å². The van der Waals surface area contributed by atoms with Gasteiger partial charge >= 0.3 is 5.97 Å². The highest BCUT2D eigenvalue weighted by Gasteiger charge is 2.37. The van der Waals surface area contributed by atoms with E-state index in [1.165, 1.54) is 5.56 Å². The van der Waals surface area contributed by atoms with Crippen LogP contribution >= 0.6 is 0 Å². The van der Waals surface area contributed by atoms with Crippen molar-refractivity contribution in [2.75, 3.05) is 32.1 Å². The molecule has 0 aromatic heterocycles. The summed E-state index contributed by atoms with van der Waals surface area (Å²) in [4.78, 5) is 32.3. The fraction of sp³-hybridized carbons (Fsp3) is 0.286. The molecule has 144 valence electrons. The zero-order valence-corrected chi connectivity index (χ0v) is 15.8. The van der Waals surface area contributed by atoms with Gasteiger partial charge in [0.05, 0.1) is 5.69 Å². The number of carboxylic acid groups (broad SMARTS) is 1. The molecule has 0 saturated carbocycles. The van der Waals surface area contributed by atoms with Crippen LogP contribution in [0, 0.1) is 0 Å². The molecule has 7 heteroatoms. The monoisotopic (exact) mass is 379 g/mol. The number of carbonyl (C=O) groups is 2. The van der Waals surface area contributed by atoms with Gasteiger partial charge in [-0.15, -0.1) is 0 Å². The number of rotatable bonds is 4. The summed E-state index contributed by atoms with van der Waals surface area (Å²) in [5.41, 5.74) is 6.19. The number of nitrogens with zero attached hydrogens (tertiary/aromatic N) is 3. The number of aliphatic carboxylic acids is 1. The fourth-order valence-electron chi connectivity index (χ4n) is 3.93. The Bertz CT molecular complexity index is 985. The first-order valence-electron chi connectivity index (χ1n) is 9.10. The summed E-state index contributed by atoms with van der Waals surface area (Å²) in [5.74, 6) is -1.43. The van der Waals surface area contributed by atoms with Gasteiger partial charge in [-0.05, 0) is 41.8 Å². The number of fused-ring (bicyclic) bond motifs is 3. The quantitative estimate of drug-likeness (QED) is 0.823. The Balaban J connectivity index is 1.91. The Hall–Kier alpha value is -3.19. The van der Waals surface area contributed by atoms with Crippen molar-refractivity contribution in [3.05, 3.63) is 53.1 Å². The predicted octanol–water partition coefficient (Wildman–Crippen LogP) is 2.12. The van der Waals surface area contributed by atoms with Crippen LogP contribution in [0.1, 0.15) is 16.7 Å². The number of likely N-dealkylation sites (N-methyl/N-ethyl adjacent to an activating group) is 2. The highest BCUT2D eigenvalue weighted by molar-refractivity contribution is 6.54. The van der Waals surface area contributed by atoms with Crippen LogP contribution < -0.4 is 4.90 Å². The number of hydrogen-bond acceptors (Lipinski definition) is 5. The molecule has 0 radical (unpaired) electrons. The van der Waals surface area contributed by atoms with Gasteiger partial charge < -0.3 is 19.7 Å². The topological polar surface area (TPSA) is 82.4 Å². The number of carbonyl (C=O) groups excluding carboxylic acids is 1. The van der Waals surface area contributed by atoms with Gasteiger partial charge in [0.1, 0.15) is 0 Å². The average Bonchev–Trinajstić information content (AvgIpc) is 2.92. The lowest BCUT2D eigenvalue weighted by molar-refractivity contribution is -0.142. The first-order valence-corrected chi connectivity index (χ1v) is 9.10. The predicted molar refractivity (Wildman–Crippen MR) is 105 cm³/mol. The molecule has 0 fully saturated rings. The van der Waals surface area contributed by atoms with Crippen LogP contribution in [0.25, 0.3) is 11.1 Å². The molecule has 1 N–H and O–H groups in total. The van der Waals surface area contributed by atoms with Crippen LogP contribution in [0.5, 0.6) is 0 Å². The van der Waals surface area contributed by atoms with Gasteiger partial charge in [-0.2, -0.15) is 0 Å². The molecule has 7 nitrogen and oxygen atoms in total. The van der Waals surface area contributed by atoms with E-state index in [1.807, 2.05) is 24.3 Å². The summed E-state index contributed by atoms with van der Waals surface area (Å²) in [7, 11) is 3.78. The van der Waals surface area contributed by atoms with Gasteiger partial charge in [0, 0.05) is 25.7 Å². The zero-order valence-electron chi connectivity index (χ0n) is 15.8. The molecule has 4 rings (SSSR count). The van der Waals surface area contributed by atoms with Crippen molar-refractivity contribution < 1.29 is 19.5 Å². The maximum Gasteiger partial charge on any atom is 0.344 e. The van der Waals surface area contributed by atoms with Gasteiger partial charge in [0.2, 0.25) is 6.61 Å². The minimum atomic E-state index is -1.14. The Morgan fingerprint density at radius 2 is 1.93 bits per heavy atom. The molecule has 0 aliphatic carbocycles. The Kier molecular flexibility index (Phi) is 4.60. The minimum Gasteiger partial charge on any atom is -0.479 e. The third-order valence-electron chi connectivity index (χ3n) is 5.22. The number of anilines is 1. The lowest BCUT2D eigenvalue weighted by atomic mass is 9.87. The molecule has 28 heavy (non-hydrogen) atoms. The fourth-order valence-corrected chi connectivity index (χ4v) is 3.93. The number of oxime groups is 1. The SMILES string of the molecule is CN1CCc2c(-c3ccccc3)cc3c(c2C1)N(C)C(=O)/C3=N\OCC(=O)O. The van der Waals surface area contributed by atoms with Crippen LogP contribution in [0.4, 0.5) is 5.69 Å². The zero-order chi connectivity index (χ0) is 19.8. The number of hydrogen-bond donors (Lipinski definition) is 1. The molecule has 0 bridgehead atoms. The van der Waals surface area contributed by atoms with Crippen LogP contribution in [-0.2, 0) is 27.4 Å². The highest BCUT2D eigenvalue weighted by Crippen LogP contribution is 2.42. The molecule has 0 spiro atoms. The van der Waals surface area contributed by atoms with E-state index in [9.17, 15) is 9.59 Å². The first kappa shape index (κ1) is 18.2. The van der Waals surface area contributed by atoms with Crippen LogP contribution in [-0.4, -0.2) is 54.8 Å². The maximum absolute atomic E-state index is 12.8. The van der Waals surface area contributed by atoms with E-state index in [0.29, 0.717) is 5.56 Å². The second kappa shape index (κ2) is 7.09. The lowest BCUT2D eigenvalue weighted by Crippen LogP contribution is -2.30. The molecular weight excluding hydrogens is 358 g/mol. The normalized spacial score (nSPS) is 17.6. The van der Waals surface area contributed by atoms with Crippen molar-refractivity contribution in [2.24, 2.45) is 5.16 Å². The van der Waals surface area contributed by atoms with Gasteiger partial charge in [-0.25, -0.2) is 4.79 Å². The smallest absolute Gasteiger partial charge is 0.344 e. The molecule has 0 saturated heterocycles. The summed E-state index contributed by atoms with van der Waals surface area (Å²) < 4.78 is 0. The average molecular weight is 379 g/mol. The van der Waals surface area contributed by atoms with Crippen molar-refractivity contribution in [3.63, 3.8) is 0 Å². The highest BCUT2D eigenvalue weighted by atomic mass is 16.6. The second-order valence-electron chi connectivity index (χ2n) is 7.10. The maximum atomic E-state index is 12.8. The van der Waals surface area contributed by atoms with E-state index >= 15 is 0 Å². The molecule has 2 aromatic rings. The number of amides is 1. The standard InChI is InChI=1S/C21H21N3O4/c1-23-9-8-14-15(13-6-4-3-5-7-13)10-16-19(22-28-12-18(25)26)21(27)24(2)20(16)17(14)11-23/h3-7,10H,8-9,11-12H2,1-2H3,(H,25,26)/b22-19-. The van der Waals surface area contributed by atoms with Gasteiger partial charge in [-0.3, -0.25) is 4.79 Å². The number of benzene rings is 2. The third-order valence-corrected chi connectivity index (χ3v) is 5.22. The molecule has 0 unspecified atom stereocenters. The summed E-state index contributed by atoms with van der Waals surface area (Å²) in [6, 6.07) is 12.1. The molecule has 2 aliphatic rings. The van der Waals surface area contributed by atoms with Crippen molar-refractivity contribution in [3.8, 4) is 11.1 Å². The Morgan fingerprint density at radius 1 is 1.18 bits per heavy atom. The summed E-state index contributed by atoms with van der Waals surface area (Å²) in [6.07, 6.45) is 0.896. The van der Waals surface area contributed by atoms with Crippen molar-refractivity contribution in [1.82, 2.24) is 4.90 Å². The van der Waals surface area contributed by atoms with Gasteiger partial charge in [0.25, 0.3) is 5.91 Å². The van der Waals surface area contributed by atoms with E-state index < -0.39 is 12.6 Å². The van der Waals surface area contributed by atoms with Gasteiger partial charge in [-0.1, -0.05) is 35.5 Å².